The molecule has 0 aliphatic carbocycles. The van der Waals surface area contributed by atoms with Gasteiger partial charge in [0.2, 0.25) is 0 Å². The molecule has 0 saturated heterocycles. The smallest absolute Gasteiger partial charge is 0.0132 e. The molecular weight excluding hydrogens is 170 g/mol. The predicted octanol–water partition coefficient (Wildman–Crippen LogP) is 3.13. The maximum absolute atomic E-state index is 3.65. The topological polar surface area (TPSA) is 12.0 Å². The van der Waals surface area contributed by atoms with Crippen LogP contribution in [-0.4, -0.2) is 13.1 Å². The van der Waals surface area contributed by atoms with Gasteiger partial charge in [0, 0.05) is 19.4 Å². The van der Waals surface area contributed by atoms with Crippen molar-refractivity contribution in [3.05, 3.63) is 12.7 Å². The molecule has 0 spiro atoms. The second kappa shape index (κ2) is 12.3. The summed E-state index contributed by atoms with van der Waals surface area (Å²) >= 11 is 0. The van der Waals surface area contributed by atoms with E-state index in [4.69, 9.17) is 0 Å². The van der Waals surface area contributed by atoms with Crippen LogP contribution in [0.1, 0.15) is 45.4 Å². The fourth-order valence-electron chi connectivity index (χ4n) is 1.11. The lowest BCUT2D eigenvalue weighted by atomic mass is 10.2. The Morgan fingerprint density at radius 2 is 1.86 bits per heavy atom. The summed E-state index contributed by atoms with van der Waals surface area (Å²) in [5.74, 6) is 6.41. The molecular formula is C13H23N. The molecule has 14 heavy (non-hydrogen) atoms. The molecule has 0 aromatic rings. The lowest BCUT2D eigenvalue weighted by Crippen LogP contribution is -2.14. The average molecular weight is 193 g/mol. The average Bonchev–Trinajstić information content (AvgIpc) is 2.21. The van der Waals surface area contributed by atoms with Crippen LogP contribution in [0.4, 0.5) is 0 Å². The van der Waals surface area contributed by atoms with Crippen molar-refractivity contribution in [2.75, 3.05) is 13.1 Å². The van der Waals surface area contributed by atoms with Crippen molar-refractivity contribution < 1.29 is 0 Å². The summed E-state index contributed by atoms with van der Waals surface area (Å²) in [5, 5.41) is 3.28. The van der Waals surface area contributed by atoms with Gasteiger partial charge in [0.05, 0.1) is 0 Å². The van der Waals surface area contributed by atoms with E-state index in [-0.39, 0.29) is 0 Å². The monoisotopic (exact) mass is 193 g/mol. The van der Waals surface area contributed by atoms with Gasteiger partial charge in [-0.15, -0.1) is 18.4 Å². The third kappa shape index (κ3) is 11.3. The first-order valence-corrected chi connectivity index (χ1v) is 5.69. The van der Waals surface area contributed by atoms with Gasteiger partial charge in [0.15, 0.2) is 0 Å². The quantitative estimate of drug-likeness (QED) is 0.355. The predicted molar refractivity (Wildman–Crippen MR) is 64.2 cm³/mol. The number of unbranched alkanes of at least 4 members (excludes halogenated alkanes) is 4. The maximum atomic E-state index is 3.65. The Hall–Kier alpha value is -0.740. The fraction of sp³-hybridized carbons (Fsp3) is 0.692. The van der Waals surface area contributed by atoms with Gasteiger partial charge in [-0.25, -0.2) is 0 Å². The van der Waals surface area contributed by atoms with E-state index in [1.165, 1.54) is 25.7 Å². The summed E-state index contributed by atoms with van der Waals surface area (Å²) in [6.45, 7) is 7.86. The van der Waals surface area contributed by atoms with Gasteiger partial charge in [-0.05, 0) is 25.8 Å². The molecule has 0 fully saturated rings. The van der Waals surface area contributed by atoms with Crippen molar-refractivity contribution in [3.63, 3.8) is 0 Å². The van der Waals surface area contributed by atoms with E-state index < -0.39 is 0 Å². The van der Waals surface area contributed by atoms with E-state index in [1.807, 2.05) is 6.08 Å². The summed E-state index contributed by atoms with van der Waals surface area (Å²) in [4.78, 5) is 0. The highest BCUT2D eigenvalue weighted by Crippen LogP contribution is 1.94. The highest BCUT2D eigenvalue weighted by Gasteiger charge is 1.85. The second-order valence-corrected chi connectivity index (χ2v) is 3.41. The second-order valence-electron chi connectivity index (χ2n) is 3.41. The standard InChI is InChI=1S/C13H23N/c1-3-5-6-7-8-9-10-11-13-14-12-4-2/h4,14H,2-3,5-6,9-13H2,1H3. The minimum atomic E-state index is 0.919. The molecule has 0 aromatic heterocycles. The van der Waals surface area contributed by atoms with Gasteiger partial charge in [-0.2, -0.15) is 0 Å². The SMILES string of the molecule is C=CCNCCCCC#CCCCC. The highest BCUT2D eigenvalue weighted by atomic mass is 14.8. The van der Waals surface area contributed by atoms with Crippen LogP contribution in [0.15, 0.2) is 12.7 Å². The van der Waals surface area contributed by atoms with Crippen LogP contribution in [-0.2, 0) is 0 Å². The number of hydrogen-bond acceptors (Lipinski definition) is 1. The van der Waals surface area contributed by atoms with Crippen LogP contribution in [0.2, 0.25) is 0 Å². The van der Waals surface area contributed by atoms with E-state index in [2.05, 4.69) is 30.7 Å². The van der Waals surface area contributed by atoms with Crippen molar-refractivity contribution in [2.45, 2.75) is 45.4 Å². The molecule has 0 aliphatic rings. The Kier molecular flexibility index (Phi) is 11.6. The van der Waals surface area contributed by atoms with E-state index in [0.717, 1.165) is 25.9 Å². The van der Waals surface area contributed by atoms with E-state index in [9.17, 15) is 0 Å². The number of nitrogens with one attached hydrogen (secondary N) is 1. The van der Waals surface area contributed by atoms with Crippen molar-refractivity contribution in [3.8, 4) is 11.8 Å². The first-order valence-electron chi connectivity index (χ1n) is 5.69. The molecule has 0 saturated carbocycles. The summed E-state index contributed by atoms with van der Waals surface area (Å²) in [7, 11) is 0. The van der Waals surface area contributed by atoms with Crippen molar-refractivity contribution in [1.82, 2.24) is 5.32 Å². The molecule has 0 amide bonds. The van der Waals surface area contributed by atoms with Crippen molar-refractivity contribution in [2.24, 2.45) is 0 Å². The summed E-state index contributed by atoms with van der Waals surface area (Å²) in [6, 6.07) is 0. The molecule has 0 atom stereocenters. The summed E-state index contributed by atoms with van der Waals surface area (Å²) in [6.07, 6.45) is 8.95. The van der Waals surface area contributed by atoms with Crippen LogP contribution in [0.3, 0.4) is 0 Å². The van der Waals surface area contributed by atoms with Gasteiger partial charge in [-0.1, -0.05) is 19.4 Å². The van der Waals surface area contributed by atoms with Crippen LogP contribution < -0.4 is 5.32 Å². The molecule has 1 N–H and O–H groups in total. The van der Waals surface area contributed by atoms with Crippen molar-refractivity contribution >= 4 is 0 Å². The van der Waals surface area contributed by atoms with E-state index in [0.29, 0.717) is 0 Å². The minimum absolute atomic E-state index is 0.919. The number of rotatable bonds is 8. The lowest BCUT2D eigenvalue weighted by molar-refractivity contribution is 0.665. The largest absolute Gasteiger partial charge is 0.313 e. The third-order valence-electron chi connectivity index (χ3n) is 1.97. The Morgan fingerprint density at radius 1 is 1.14 bits per heavy atom. The molecule has 0 radical (unpaired) electrons. The Labute approximate surface area is 89.0 Å². The highest BCUT2D eigenvalue weighted by molar-refractivity contribution is 4.98. The van der Waals surface area contributed by atoms with E-state index >= 15 is 0 Å². The van der Waals surface area contributed by atoms with Gasteiger partial charge < -0.3 is 5.32 Å². The molecule has 1 heteroatoms. The Balaban J connectivity index is 3.03. The molecule has 1 nitrogen and oxygen atoms in total. The Bertz CT molecular complexity index is 173. The zero-order valence-electron chi connectivity index (χ0n) is 9.44. The number of hydrogen-bond donors (Lipinski definition) is 1. The molecule has 0 rings (SSSR count). The van der Waals surface area contributed by atoms with Crippen LogP contribution >= 0.6 is 0 Å². The summed E-state index contributed by atoms with van der Waals surface area (Å²) in [5.41, 5.74) is 0. The van der Waals surface area contributed by atoms with Crippen molar-refractivity contribution in [1.29, 1.82) is 0 Å². The molecule has 0 unspecified atom stereocenters. The van der Waals surface area contributed by atoms with Crippen LogP contribution in [0, 0.1) is 11.8 Å². The fourth-order valence-corrected chi connectivity index (χ4v) is 1.11. The van der Waals surface area contributed by atoms with Gasteiger partial charge >= 0.3 is 0 Å². The molecule has 0 heterocycles. The zero-order valence-corrected chi connectivity index (χ0v) is 9.44. The lowest BCUT2D eigenvalue weighted by Gasteiger charge is -1.98. The van der Waals surface area contributed by atoms with Gasteiger partial charge in [0.1, 0.15) is 0 Å². The maximum Gasteiger partial charge on any atom is 0.0132 e. The van der Waals surface area contributed by atoms with Crippen LogP contribution in [0.5, 0.6) is 0 Å². The van der Waals surface area contributed by atoms with Crippen LogP contribution in [0.25, 0.3) is 0 Å². The first kappa shape index (κ1) is 13.3. The zero-order chi connectivity index (χ0) is 10.5. The van der Waals surface area contributed by atoms with Gasteiger partial charge in [0.25, 0.3) is 0 Å². The summed E-state index contributed by atoms with van der Waals surface area (Å²) < 4.78 is 0. The van der Waals surface area contributed by atoms with E-state index in [1.54, 1.807) is 0 Å². The first-order chi connectivity index (χ1) is 6.91. The van der Waals surface area contributed by atoms with Gasteiger partial charge in [-0.3, -0.25) is 0 Å². The minimum Gasteiger partial charge on any atom is -0.313 e. The molecule has 80 valence electrons. The third-order valence-corrected chi connectivity index (χ3v) is 1.97. The molecule has 0 aromatic carbocycles. The molecule has 0 bridgehead atoms. The normalized spacial score (nSPS) is 9.21. The molecule has 0 aliphatic heterocycles. The Morgan fingerprint density at radius 3 is 2.50 bits per heavy atom.